The molecule has 2 aromatic rings. The number of aliphatic imine (C=N–C) groups is 1. The zero-order chi connectivity index (χ0) is 17.9. The van der Waals surface area contributed by atoms with E-state index < -0.39 is 5.54 Å². The standard InChI is InChI=1S/C19H20FN3O2/c1-19(7-9-25-12-18(21)23-19)14-10-13(5-6-15(14)20)11-17(24)16-4-2-3-8-22-16/h2-6,8,10H,7,9,11-12H2,1H3,(H2,21,23)/t19-/m0/s1. The van der Waals surface area contributed by atoms with Gasteiger partial charge in [0.1, 0.15) is 24.0 Å². The average Bonchev–Trinajstić information content (AvgIpc) is 2.78. The number of carbonyl (C=O) groups excluding carboxylic acids is 1. The van der Waals surface area contributed by atoms with Gasteiger partial charge in [0.25, 0.3) is 0 Å². The van der Waals surface area contributed by atoms with E-state index in [0.29, 0.717) is 35.7 Å². The molecule has 0 spiro atoms. The molecule has 0 saturated carbocycles. The molecule has 0 saturated heterocycles. The van der Waals surface area contributed by atoms with E-state index in [2.05, 4.69) is 9.98 Å². The molecule has 0 amide bonds. The predicted molar refractivity (Wildman–Crippen MR) is 93.1 cm³/mol. The van der Waals surface area contributed by atoms with E-state index in [1.807, 2.05) is 6.92 Å². The number of nitrogens with zero attached hydrogens (tertiary/aromatic N) is 2. The molecule has 1 aliphatic heterocycles. The minimum atomic E-state index is -0.811. The van der Waals surface area contributed by atoms with Crippen molar-refractivity contribution in [2.75, 3.05) is 13.2 Å². The van der Waals surface area contributed by atoms with E-state index in [1.165, 1.54) is 6.07 Å². The van der Waals surface area contributed by atoms with Crippen molar-refractivity contribution < 1.29 is 13.9 Å². The number of halogens is 1. The largest absolute Gasteiger partial charge is 0.386 e. The van der Waals surface area contributed by atoms with Crippen molar-refractivity contribution >= 4 is 11.6 Å². The number of ether oxygens (including phenoxy) is 1. The van der Waals surface area contributed by atoms with Gasteiger partial charge in [-0.15, -0.1) is 0 Å². The predicted octanol–water partition coefficient (Wildman–Crippen LogP) is 2.64. The van der Waals surface area contributed by atoms with E-state index in [1.54, 1.807) is 36.5 Å². The third-order valence-corrected chi connectivity index (χ3v) is 4.30. The van der Waals surface area contributed by atoms with Crippen molar-refractivity contribution in [2.24, 2.45) is 10.7 Å². The van der Waals surface area contributed by atoms with Crippen LogP contribution in [0.4, 0.5) is 4.39 Å². The molecule has 0 unspecified atom stereocenters. The van der Waals surface area contributed by atoms with Gasteiger partial charge in [0.05, 0.1) is 5.54 Å². The normalized spacial score (nSPS) is 20.6. The Morgan fingerprint density at radius 3 is 2.96 bits per heavy atom. The van der Waals surface area contributed by atoms with E-state index in [-0.39, 0.29) is 24.6 Å². The summed E-state index contributed by atoms with van der Waals surface area (Å²) >= 11 is 0. The molecule has 0 bridgehead atoms. The second kappa shape index (κ2) is 7.11. The second-order valence-corrected chi connectivity index (χ2v) is 6.31. The highest BCUT2D eigenvalue weighted by molar-refractivity contribution is 5.95. The number of carbonyl (C=O) groups is 1. The van der Waals surface area contributed by atoms with Gasteiger partial charge in [-0.2, -0.15) is 0 Å². The smallest absolute Gasteiger partial charge is 0.185 e. The van der Waals surface area contributed by atoms with Gasteiger partial charge in [-0.1, -0.05) is 12.1 Å². The summed E-state index contributed by atoms with van der Waals surface area (Å²) in [6, 6.07) is 9.87. The highest BCUT2D eigenvalue weighted by Gasteiger charge is 2.31. The Bertz CT molecular complexity index is 808. The van der Waals surface area contributed by atoms with Crippen LogP contribution in [0.1, 0.15) is 35.0 Å². The Morgan fingerprint density at radius 1 is 1.36 bits per heavy atom. The third-order valence-electron chi connectivity index (χ3n) is 4.30. The molecule has 2 N–H and O–H groups in total. The molecule has 1 atom stereocenters. The lowest BCUT2D eigenvalue weighted by molar-refractivity contribution is 0.0988. The van der Waals surface area contributed by atoms with Gasteiger partial charge in [-0.05, 0) is 43.2 Å². The molecule has 0 aliphatic carbocycles. The van der Waals surface area contributed by atoms with Crippen LogP contribution in [0.5, 0.6) is 0 Å². The fourth-order valence-corrected chi connectivity index (χ4v) is 2.95. The molecule has 5 nitrogen and oxygen atoms in total. The average molecular weight is 341 g/mol. The molecule has 2 heterocycles. The van der Waals surface area contributed by atoms with Crippen LogP contribution in [0.25, 0.3) is 0 Å². The molecular weight excluding hydrogens is 321 g/mol. The first kappa shape index (κ1) is 17.2. The number of rotatable bonds is 4. The lowest BCUT2D eigenvalue weighted by Gasteiger charge is -2.25. The molecule has 25 heavy (non-hydrogen) atoms. The van der Waals surface area contributed by atoms with Crippen LogP contribution >= 0.6 is 0 Å². The van der Waals surface area contributed by atoms with E-state index in [4.69, 9.17) is 10.5 Å². The number of hydrogen-bond acceptors (Lipinski definition) is 5. The summed E-state index contributed by atoms with van der Waals surface area (Å²) in [6.07, 6.45) is 2.24. The molecule has 130 valence electrons. The van der Waals surface area contributed by atoms with Crippen molar-refractivity contribution in [1.29, 1.82) is 0 Å². The lowest BCUT2D eigenvalue weighted by Crippen LogP contribution is -2.25. The highest BCUT2D eigenvalue weighted by atomic mass is 19.1. The Balaban J connectivity index is 1.90. The van der Waals surface area contributed by atoms with E-state index in [0.717, 1.165) is 0 Å². The first-order valence-corrected chi connectivity index (χ1v) is 8.13. The Hall–Kier alpha value is -2.60. The monoisotopic (exact) mass is 341 g/mol. The topological polar surface area (TPSA) is 77.6 Å². The van der Waals surface area contributed by atoms with Gasteiger partial charge < -0.3 is 10.5 Å². The van der Waals surface area contributed by atoms with Crippen molar-refractivity contribution in [3.8, 4) is 0 Å². The molecule has 6 heteroatoms. The van der Waals surface area contributed by atoms with Crippen molar-refractivity contribution in [1.82, 2.24) is 4.98 Å². The van der Waals surface area contributed by atoms with E-state index >= 15 is 0 Å². The van der Waals surface area contributed by atoms with Gasteiger partial charge in [-0.3, -0.25) is 14.8 Å². The van der Waals surface area contributed by atoms with Gasteiger partial charge in [0.2, 0.25) is 0 Å². The molecule has 0 radical (unpaired) electrons. The molecule has 1 aromatic heterocycles. The number of amidine groups is 1. The van der Waals surface area contributed by atoms with Crippen LogP contribution in [0.15, 0.2) is 47.6 Å². The summed E-state index contributed by atoms with van der Waals surface area (Å²) < 4.78 is 19.8. The van der Waals surface area contributed by atoms with Gasteiger partial charge in [0, 0.05) is 24.8 Å². The Morgan fingerprint density at radius 2 is 2.20 bits per heavy atom. The zero-order valence-corrected chi connectivity index (χ0v) is 14.0. The Labute approximate surface area is 145 Å². The van der Waals surface area contributed by atoms with Crippen LogP contribution in [0.2, 0.25) is 0 Å². The quantitative estimate of drug-likeness (QED) is 0.867. The second-order valence-electron chi connectivity index (χ2n) is 6.31. The van der Waals surface area contributed by atoms with Gasteiger partial charge in [-0.25, -0.2) is 4.39 Å². The number of ketones is 1. The summed E-state index contributed by atoms with van der Waals surface area (Å²) in [4.78, 5) is 20.9. The number of nitrogens with two attached hydrogens (primary N) is 1. The van der Waals surface area contributed by atoms with Crippen molar-refractivity contribution in [3.63, 3.8) is 0 Å². The molecular formula is C19H20FN3O2. The van der Waals surface area contributed by atoms with Crippen LogP contribution in [0, 0.1) is 5.82 Å². The zero-order valence-electron chi connectivity index (χ0n) is 14.0. The molecule has 1 aromatic carbocycles. The minimum Gasteiger partial charge on any atom is -0.386 e. The number of aromatic nitrogens is 1. The van der Waals surface area contributed by atoms with Gasteiger partial charge in [0.15, 0.2) is 5.78 Å². The maximum absolute atomic E-state index is 14.5. The fourth-order valence-electron chi connectivity index (χ4n) is 2.95. The van der Waals surface area contributed by atoms with E-state index in [9.17, 15) is 9.18 Å². The summed E-state index contributed by atoms with van der Waals surface area (Å²) in [6.45, 7) is 2.52. The van der Waals surface area contributed by atoms with Crippen LogP contribution in [0.3, 0.4) is 0 Å². The number of hydrogen-bond donors (Lipinski definition) is 1. The molecule has 3 rings (SSSR count). The summed E-state index contributed by atoms with van der Waals surface area (Å²) in [5, 5.41) is 0. The SMILES string of the molecule is C[C@@]1(c2cc(CC(=O)c3ccccn3)ccc2F)CCOCC(N)=N1. The van der Waals surface area contributed by atoms with Crippen molar-refractivity contribution in [3.05, 3.63) is 65.2 Å². The minimum absolute atomic E-state index is 0.115. The van der Waals surface area contributed by atoms with Crippen LogP contribution < -0.4 is 5.73 Å². The number of benzene rings is 1. The first-order chi connectivity index (χ1) is 12.0. The van der Waals surface area contributed by atoms with Crippen LogP contribution in [-0.4, -0.2) is 29.8 Å². The summed E-state index contributed by atoms with van der Waals surface area (Å²) in [5.74, 6) is -0.139. The third kappa shape index (κ3) is 3.91. The fraction of sp³-hybridized carbons (Fsp3) is 0.316. The van der Waals surface area contributed by atoms with Crippen LogP contribution in [-0.2, 0) is 16.7 Å². The lowest BCUT2D eigenvalue weighted by atomic mass is 9.87. The first-order valence-electron chi connectivity index (χ1n) is 8.13. The Kier molecular flexibility index (Phi) is 4.90. The maximum Gasteiger partial charge on any atom is 0.185 e. The van der Waals surface area contributed by atoms with Crippen molar-refractivity contribution in [2.45, 2.75) is 25.3 Å². The molecule has 1 aliphatic rings. The maximum atomic E-state index is 14.5. The molecule has 0 fully saturated rings. The summed E-state index contributed by atoms with van der Waals surface area (Å²) in [5.41, 5.74) is 6.55. The summed E-state index contributed by atoms with van der Waals surface area (Å²) in [7, 11) is 0. The number of pyridine rings is 1. The van der Waals surface area contributed by atoms with Gasteiger partial charge >= 0.3 is 0 Å². The highest BCUT2D eigenvalue weighted by Crippen LogP contribution is 2.33. The number of Topliss-reactive ketones (excluding diaryl/α,β-unsaturated/α-hetero) is 1.